The molecule has 3 aromatic rings. The van der Waals surface area contributed by atoms with Crippen molar-refractivity contribution in [2.24, 2.45) is 4.99 Å². The first-order valence-corrected chi connectivity index (χ1v) is 12.2. The Morgan fingerprint density at radius 1 is 1.03 bits per heavy atom. The van der Waals surface area contributed by atoms with Crippen LogP contribution in [-0.2, 0) is 0 Å². The van der Waals surface area contributed by atoms with Crippen molar-refractivity contribution in [2.45, 2.75) is 33.4 Å². The van der Waals surface area contributed by atoms with Crippen molar-refractivity contribution < 1.29 is 14.7 Å². The zero-order valence-corrected chi connectivity index (χ0v) is 20.9. The number of hydrogen-bond acceptors (Lipinski definition) is 4. The molecular formula is C26H27BrN4O3. The molecule has 0 fully saturated rings. The first-order chi connectivity index (χ1) is 16.4. The molecule has 7 nitrogen and oxygen atoms in total. The summed E-state index contributed by atoms with van der Waals surface area (Å²) in [6, 6.07) is 14.4. The van der Waals surface area contributed by atoms with E-state index >= 15 is 0 Å². The fraction of sp³-hybridized carbons (Fsp3) is 0.269. The van der Waals surface area contributed by atoms with Crippen molar-refractivity contribution in [3.63, 3.8) is 0 Å². The number of hydrogen-bond donors (Lipinski definition) is 3. The number of nitrogens with zero attached hydrogens (tertiary/aromatic N) is 2. The van der Waals surface area contributed by atoms with E-state index in [0.29, 0.717) is 33.7 Å². The maximum Gasteiger partial charge on any atom is 0.280 e. The molecule has 0 aliphatic carbocycles. The number of H-pyrrole nitrogens is 1. The summed E-state index contributed by atoms with van der Waals surface area (Å²) < 4.78 is 0.909. The average Bonchev–Trinajstić information content (AvgIpc) is 3.37. The molecular weight excluding hydrogens is 496 g/mol. The molecule has 1 aliphatic heterocycles. The fourth-order valence-corrected chi connectivity index (χ4v) is 4.58. The summed E-state index contributed by atoms with van der Waals surface area (Å²) in [4.78, 5) is 34.9. The van der Waals surface area contributed by atoms with Gasteiger partial charge >= 0.3 is 0 Å². The number of nitrogens with one attached hydrogen (secondary N) is 2. The lowest BCUT2D eigenvalue weighted by atomic mass is 9.99. The second-order valence-corrected chi connectivity index (χ2v) is 8.98. The Bertz CT molecular complexity index is 1240. The third-order valence-corrected chi connectivity index (χ3v) is 6.66. The normalized spacial score (nSPS) is 13.7. The van der Waals surface area contributed by atoms with Gasteiger partial charge in [-0.3, -0.25) is 14.5 Å². The first-order valence-electron chi connectivity index (χ1n) is 11.4. The molecule has 0 saturated heterocycles. The highest BCUT2D eigenvalue weighted by atomic mass is 79.9. The number of amides is 2. The summed E-state index contributed by atoms with van der Waals surface area (Å²) in [5, 5.41) is 13.7. The number of carbonyl (C=O) groups excluding carboxylic acids is 2. The van der Waals surface area contributed by atoms with Crippen LogP contribution in [0.4, 0.5) is 0 Å². The van der Waals surface area contributed by atoms with Crippen molar-refractivity contribution in [3.8, 4) is 17.1 Å². The summed E-state index contributed by atoms with van der Waals surface area (Å²) in [7, 11) is 0. The van der Waals surface area contributed by atoms with Gasteiger partial charge < -0.3 is 15.4 Å². The van der Waals surface area contributed by atoms with Gasteiger partial charge in [-0.25, -0.2) is 4.99 Å². The van der Waals surface area contributed by atoms with Crippen molar-refractivity contribution in [1.82, 2.24) is 15.2 Å². The van der Waals surface area contributed by atoms with Gasteiger partial charge in [-0.2, -0.15) is 0 Å². The molecule has 1 atom stereocenters. The maximum absolute atomic E-state index is 12.8. The van der Waals surface area contributed by atoms with E-state index in [1.807, 2.05) is 31.2 Å². The highest BCUT2D eigenvalue weighted by Crippen LogP contribution is 2.38. The second kappa shape index (κ2) is 9.95. The van der Waals surface area contributed by atoms with Crippen molar-refractivity contribution in [3.05, 3.63) is 75.3 Å². The number of fused-ring (bicyclic) bond motifs is 1. The molecule has 2 amide bonds. The molecule has 2 aromatic carbocycles. The molecule has 1 aromatic heterocycles. The predicted molar refractivity (Wildman–Crippen MR) is 136 cm³/mol. The van der Waals surface area contributed by atoms with Gasteiger partial charge in [0.2, 0.25) is 0 Å². The van der Waals surface area contributed by atoms with Crippen molar-refractivity contribution >= 4 is 33.5 Å². The van der Waals surface area contributed by atoms with E-state index in [1.165, 1.54) is 0 Å². The molecule has 1 aliphatic rings. The van der Waals surface area contributed by atoms with Crippen LogP contribution in [0.3, 0.4) is 0 Å². The minimum atomic E-state index is -0.411. The monoisotopic (exact) mass is 522 g/mol. The lowest BCUT2D eigenvalue weighted by Gasteiger charge is -2.29. The van der Waals surface area contributed by atoms with Crippen LogP contribution in [0, 0.1) is 0 Å². The lowest BCUT2D eigenvalue weighted by Crippen LogP contribution is -2.47. The van der Waals surface area contributed by atoms with Crippen LogP contribution < -0.4 is 5.32 Å². The second-order valence-electron chi connectivity index (χ2n) is 8.07. The largest absolute Gasteiger partial charge is 0.494 e. The third kappa shape index (κ3) is 4.43. The van der Waals surface area contributed by atoms with E-state index in [0.717, 1.165) is 29.5 Å². The summed E-state index contributed by atoms with van der Waals surface area (Å²) in [6.45, 7) is 7.91. The molecule has 2 heterocycles. The van der Waals surface area contributed by atoms with Crippen LogP contribution in [0.25, 0.3) is 11.3 Å². The van der Waals surface area contributed by atoms with Gasteiger partial charge in [-0.15, -0.1) is 0 Å². The van der Waals surface area contributed by atoms with E-state index in [9.17, 15) is 14.7 Å². The quantitative estimate of drug-likeness (QED) is 0.364. The van der Waals surface area contributed by atoms with Gasteiger partial charge in [0.05, 0.1) is 28.7 Å². The average molecular weight is 523 g/mol. The van der Waals surface area contributed by atoms with Crippen LogP contribution in [-0.4, -0.2) is 51.8 Å². The van der Waals surface area contributed by atoms with Crippen LogP contribution >= 0.6 is 15.9 Å². The van der Waals surface area contributed by atoms with Crippen LogP contribution in [0.15, 0.2) is 58.0 Å². The molecule has 4 rings (SSSR count). The number of aromatic hydroxyl groups is 1. The topological polar surface area (TPSA) is 97.8 Å². The first kappa shape index (κ1) is 23.9. The summed E-state index contributed by atoms with van der Waals surface area (Å²) >= 11 is 3.40. The Morgan fingerprint density at radius 2 is 1.65 bits per heavy atom. The van der Waals surface area contributed by atoms with Crippen LogP contribution in [0.2, 0.25) is 0 Å². The van der Waals surface area contributed by atoms with E-state index in [1.54, 1.807) is 24.3 Å². The van der Waals surface area contributed by atoms with Crippen LogP contribution in [0.1, 0.15) is 59.0 Å². The van der Waals surface area contributed by atoms with Gasteiger partial charge in [0.15, 0.2) is 5.88 Å². The number of aromatic nitrogens is 1. The highest BCUT2D eigenvalue weighted by Gasteiger charge is 2.33. The Morgan fingerprint density at radius 3 is 2.24 bits per heavy atom. The molecule has 0 spiro atoms. The maximum atomic E-state index is 12.8. The number of rotatable bonds is 8. The van der Waals surface area contributed by atoms with Gasteiger partial charge in [0, 0.05) is 15.6 Å². The van der Waals surface area contributed by atoms with E-state index in [2.05, 4.69) is 50.0 Å². The number of aromatic amines is 1. The molecule has 1 unspecified atom stereocenters. The number of halogens is 1. The summed E-state index contributed by atoms with van der Waals surface area (Å²) in [6.07, 6.45) is 0.778. The standard InChI is InChI=1S/C26H27BrN4O3/c1-4-19(31(5-2)6-3)28-24(32)17-9-7-15(8-10-17)22-20-21(26(34)29-22)23(30-25(20)33)16-11-13-18(27)14-12-16/h7-14,19,29,34H,4-6H2,1-3H3,(H,28,32). The smallest absolute Gasteiger partial charge is 0.280 e. The number of aliphatic imine (C=N–C) groups is 1. The minimum Gasteiger partial charge on any atom is -0.494 e. The zero-order valence-electron chi connectivity index (χ0n) is 19.4. The molecule has 3 N–H and O–H groups in total. The van der Waals surface area contributed by atoms with Crippen LogP contribution in [0.5, 0.6) is 5.88 Å². The Hall–Kier alpha value is -3.23. The molecule has 176 valence electrons. The highest BCUT2D eigenvalue weighted by molar-refractivity contribution is 9.10. The Kier molecular flexibility index (Phi) is 7.00. The van der Waals surface area contributed by atoms with Gasteiger partial charge in [-0.1, -0.05) is 61.0 Å². The number of benzene rings is 2. The zero-order chi connectivity index (χ0) is 24.4. The van der Waals surface area contributed by atoms with Crippen molar-refractivity contribution in [2.75, 3.05) is 13.1 Å². The van der Waals surface area contributed by atoms with Gasteiger partial charge in [-0.05, 0) is 49.3 Å². The lowest BCUT2D eigenvalue weighted by molar-refractivity contribution is 0.0854. The molecule has 34 heavy (non-hydrogen) atoms. The molecule has 8 heteroatoms. The molecule has 0 bridgehead atoms. The van der Waals surface area contributed by atoms with E-state index < -0.39 is 5.91 Å². The summed E-state index contributed by atoms with van der Waals surface area (Å²) in [5.74, 6) is -0.669. The fourth-order valence-electron chi connectivity index (χ4n) is 4.32. The van der Waals surface area contributed by atoms with E-state index in [-0.39, 0.29) is 18.0 Å². The van der Waals surface area contributed by atoms with Gasteiger partial charge in [0.1, 0.15) is 0 Å². The predicted octanol–water partition coefficient (Wildman–Crippen LogP) is 4.95. The Labute approximate surface area is 207 Å². The van der Waals surface area contributed by atoms with Gasteiger partial charge in [0.25, 0.3) is 11.8 Å². The van der Waals surface area contributed by atoms with E-state index in [4.69, 9.17) is 0 Å². The summed E-state index contributed by atoms with van der Waals surface area (Å²) in [5.41, 5.74) is 3.60. The Balaban J connectivity index is 1.60. The SMILES string of the molecule is CCC(NC(=O)c1ccc(-c2[nH]c(O)c3c2C(=O)N=C3c2ccc(Br)cc2)cc1)N(CC)CC. The minimum absolute atomic E-state index is 0.0300. The number of carbonyl (C=O) groups is 2. The molecule has 0 radical (unpaired) electrons. The molecule has 0 saturated carbocycles. The third-order valence-electron chi connectivity index (χ3n) is 6.14. The van der Waals surface area contributed by atoms with Crippen molar-refractivity contribution in [1.29, 1.82) is 0 Å².